The van der Waals surface area contributed by atoms with E-state index in [1.54, 1.807) is 27.2 Å². The predicted octanol–water partition coefficient (Wildman–Crippen LogP) is 3.54. The van der Waals surface area contributed by atoms with Gasteiger partial charge in [0.05, 0.1) is 11.9 Å². The fraction of sp³-hybridized carbons (Fsp3) is 0.167. The quantitative estimate of drug-likeness (QED) is 0.734. The fourth-order valence-electron chi connectivity index (χ4n) is 1.87. The summed E-state index contributed by atoms with van der Waals surface area (Å²) < 4.78 is 2.11. The van der Waals surface area contributed by atoms with Crippen molar-refractivity contribution in [2.75, 3.05) is 0 Å². The Morgan fingerprint density at radius 3 is 3.06 bits per heavy atom. The van der Waals surface area contributed by atoms with Crippen LogP contribution in [-0.2, 0) is 6.54 Å². The van der Waals surface area contributed by atoms with Crippen LogP contribution >= 0.6 is 34.9 Å². The van der Waals surface area contributed by atoms with Crippen LogP contribution in [0.25, 0.3) is 10.2 Å². The van der Waals surface area contributed by atoms with Gasteiger partial charge < -0.3 is 4.98 Å². The second kappa shape index (κ2) is 4.46. The second-order valence-electron chi connectivity index (χ2n) is 4.00. The Hall–Kier alpha value is -1.24. The standard InChI is InChI=1S/C12H10N2OS3/c1-7-5-9-10(18-7)13-12(16)14(11(9)15)6-8-3-2-4-17-8/h2-5H,6H2,1H3,(H,13,16). The van der Waals surface area contributed by atoms with Crippen LogP contribution in [0.15, 0.2) is 28.4 Å². The highest BCUT2D eigenvalue weighted by Gasteiger charge is 2.09. The van der Waals surface area contributed by atoms with E-state index in [0.717, 1.165) is 20.0 Å². The summed E-state index contributed by atoms with van der Waals surface area (Å²) in [4.78, 5) is 18.6. The summed E-state index contributed by atoms with van der Waals surface area (Å²) in [5, 5.41) is 2.73. The van der Waals surface area contributed by atoms with Gasteiger partial charge in [-0.15, -0.1) is 22.7 Å². The molecule has 0 aliphatic heterocycles. The topological polar surface area (TPSA) is 37.8 Å². The van der Waals surface area contributed by atoms with Gasteiger partial charge in [0.2, 0.25) is 0 Å². The van der Waals surface area contributed by atoms with Crippen LogP contribution in [0.2, 0.25) is 0 Å². The van der Waals surface area contributed by atoms with Crippen molar-refractivity contribution < 1.29 is 0 Å². The number of aromatic amines is 1. The van der Waals surface area contributed by atoms with E-state index in [4.69, 9.17) is 12.2 Å². The first kappa shape index (κ1) is 11.8. The molecular formula is C12H10N2OS3. The number of aromatic nitrogens is 2. The summed E-state index contributed by atoms with van der Waals surface area (Å²) in [5.74, 6) is 0. The number of thiophene rings is 2. The minimum atomic E-state index is -0.00787. The van der Waals surface area contributed by atoms with Gasteiger partial charge in [-0.25, -0.2) is 0 Å². The first-order valence-electron chi connectivity index (χ1n) is 5.41. The lowest BCUT2D eigenvalue weighted by Crippen LogP contribution is -2.21. The maximum atomic E-state index is 12.4. The van der Waals surface area contributed by atoms with Crippen molar-refractivity contribution in [3.05, 3.63) is 48.5 Å². The van der Waals surface area contributed by atoms with Crippen LogP contribution in [0.5, 0.6) is 0 Å². The Morgan fingerprint density at radius 1 is 1.50 bits per heavy atom. The Labute approximate surface area is 116 Å². The van der Waals surface area contributed by atoms with Gasteiger partial charge >= 0.3 is 0 Å². The highest BCUT2D eigenvalue weighted by Crippen LogP contribution is 2.20. The van der Waals surface area contributed by atoms with Crippen LogP contribution in [0.1, 0.15) is 9.75 Å². The summed E-state index contributed by atoms with van der Waals surface area (Å²) in [7, 11) is 0. The van der Waals surface area contributed by atoms with E-state index in [1.165, 1.54) is 0 Å². The van der Waals surface area contributed by atoms with Crippen molar-refractivity contribution in [3.63, 3.8) is 0 Å². The molecule has 0 aliphatic rings. The van der Waals surface area contributed by atoms with Crippen LogP contribution in [-0.4, -0.2) is 9.55 Å². The molecule has 0 atom stereocenters. The van der Waals surface area contributed by atoms with E-state index < -0.39 is 0 Å². The first-order chi connectivity index (χ1) is 8.65. The van der Waals surface area contributed by atoms with E-state index in [1.807, 2.05) is 30.5 Å². The molecule has 18 heavy (non-hydrogen) atoms. The van der Waals surface area contributed by atoms with E-state index in [9.17, 15) is 4.79 Å². The van der Waals surface area contributed by atoms with E-state index in [2.05, 4.69) is 4.98 Å². The minimum Gasteiger partial charge on any atom is -0.323 e. The lowest BCUT2D eigenvalue weighted by Gasteiger charge is -2.04. The fourth-order valence-corrected chi connectivity index (χ4v) is 3.78. The zero-order valence-electron chi connectivity index (χ0n) is 9.60. The van der Waals surface area contributed by atoms with Gasteiger partial charge in [-0.1, -0.05) is 6.07 Å². The molecule has 1 N–H and O–H groups in total. The molecule has 0 fully saturated rings. The molecule has 92 valence electrons. The van der Waals surface area contributed by atoms with Crippen molar-refractivity contribution in [2.24, 2.45) is 0 Å². The SMILES string of the molecule is Cc1cc2c(=O)n(Cc3cccs3)c(=S)[nH]c2s1. The second-order valence-corrected chi connectivity index (χ2v) is 6.68. The number of nitrogens with one attached hydrogen (secondary N) is 1. The van der Waals surface area contributed by atoms with Gasteiger partial charge in [0, 0.05) is 9.75 Å². The number of rotatable bonds is 2. The molecule has 0 radical (unpaired) electrons. The number of nitrogens with zero attached hydrogens (tertiary/aromatic N) is 1. The van der Waals surface area contributed by atoms with Crippen LogP contribution < -0.4 is 5.56 Å². The lowest BCUT2D eigenvalue weighted by molar-refractivity contribution is 0.745. The molecule has 0 saturated heterocycles. The van der Waals surface area contributed by atoms with E-state index >= 15 is 0 Å². The molecule has 3 rings (SSSR count). The molecule has 0 saturated carbocycles. The largest absolute Gasteiger partial charge is 0.323 e. The summed E-state index contributed by atoms with van der Waals surface area (Å²) >= 11 is 8.46. The zero-order chi connectivity index (χ0) is 12.7. The molecule has 0 bridgehead atoms. The summed E-state index contributed by atoms with van der Waals surface area (Å²) in [6.07, 6.45) is 0. The number of H-pyrrole nitrogens is 1. The molecule has 3 aromatic rings. The Balaban J connectivity index is 2.23. The highest BCUT2D eigenvalue weighted by molar-refractivity contribution is 7.71. The van der Waals surface area contributed by atoms with Gasteiger partial charge in [-0.05, 0) is 36.7 Å². The molecule has 0 aromatic carbocycles. The minimum absolute atomic E-state index is 0.00787. The summed E-state index contributed by atoms with van der Waals surface area (Å²) in [6, 6.07) is 5.90. The zero-order valence-corrected chi connectivity index (χ0v) is 12.0. The Kier molecular flexibility index (Phi) is 2.93. The third-order valence-corrected chi connectivity index (χ3v) is 4.84. The average molecular weight is 294 g/mol. The molecule has 3 nitrogen and oxygen atoms in total. The molecule has 0 spiro atoms. The molecule has 3 heterocycles. The lowest BCUT2D eigenvalue weighted by atomic mass is 10.3. The van der Waals surface area contributed by atoms with Crippen molar-refractivity contribution in [1.29, 1.82) is 0 Å². The maximum Gasteiger partial charge on any atom is 0.263 e. The van der Waals surface area contributed by atoms with E-state index in [0.29, 0.717) is 11.3 Å². The normalized spacial score (nSPS) is 11.2. The monoisotopic (exact) mass is 294 g/mol. The van der Waals surface area contributed by atoms with E-state index in [-0.39, 0.29) is 5.56 Å². The number of hydrogen-bond donors (Lipinski definition) is 1. The van der Waals surface area contributed by atoms with Gasteiger partial charge in [-0.2, -0.15) is 0 Å². The number of aryl methyl sites for hydroxylation is 1. The first-order valence-corrected chi connectivity index (χ1v) is 7.51. The smallest absolute Gasteiger partial charge is 0.263 e. The molecule has 3 aromatic heterocycles. The molecule has 0 aliphatic carbocycles. The number of hydrogen-bond acceptors (Lipinski definition) is 4. The summed E-state index contributed by atoms with van der Waals surface area (Å²) in [6.45, 7) is 2.53. The average Bonchev–Trinajstić information content (AvgIpc) is 2.93. The van der Waals surface area contributed by atoms with Gasteiger partial charge in [0.25, 0.3) is 5.56 Å². The van der Waals surface area contributed by atoms with Crippen molar-refractivity contribution >= 4 is 45.1 Å². The highest BCUT2D eigenvalue weighted by atomic mass is 32.1. The Morgan fingerprint density at radius 2 is 2.33 bits per heavy atom. The maximum absolute atomic E-state index is 12.4. The van der Waals surface area contributed by atoms with Crippen molar-refractivity contribution in [3.8, 4) is 0 Å². The van der Waals surface area contributed by atoms with Crippen molar-refractivity contribution in [1.82, 2.24) is 9.55 Å². The van der Waals surface area contributed by atoms with Gasteiger partial charge in [0.15, 0.2) is 4.77 Å². The number of fused-ring (bicyclic) bond motifs is 1. The summed E-state index contributed by atoms with van der Waals surface area (Å²) in [5.41, 5.74) is -0.00787. The van der Waals surface area contributed by atoms with Crippen LogP contribution in [0.3, 0.4) is 0 Å². The predicted molar refractivity (Wildman–Crippen MR) is 79.4 cm³/mol. The Bertz CT molecular complexity index is 808. The van der Waals surface area contributed by atoms with Gasteiger partial charge in [0.1, 0.15) is 4.83 Å². The van der Waals surface area contributed by atoms with Crippen LogP contribution in [0.4, 0.5) is 0 Å². The molecule has 0 amide bonds. The molecule has 6 heteroatoms. The van der Waals surface area contributed by atoms with Crippen molar-refractivity contribution in [2.45, 2.75) is 13.5 Å². The molecule has 0 unspecified atom stereocenters. The van der Waals surface area contributed by atoms with Gasteiger partial charge in [-0.3, -0.25) is 9.36 Å². The third-order valence-electron chi connectivity index (χ3n) is 2.69. The van der Waals surface area contributed by atoms with Crippen LogP contribution in [0, 0.1) is 11.7 Å². The molecular weight excluding hydrogens is 284 g/mol. The third kappa shape index (κ3) is 1.96.